The zero-order valence-electron chi connectivity index (χ0n) is 16.9. The minimum Gasteiger partial charge on any atom is -0.506 e. The molecule has 3 rings (SSSR count). The second-order valence-corrected chi connectivity index (χ2v) is 6.64. The molecule has 0 atom stereocenters. The molecular weight excluding hydrogens is 364 g/mol. The maximum Gasteiger partial charge on any atom is 0.142 e. The highest BCUT2D eigenvalue weighted by Gasteiger charge is 2.13. The molecule has 0 saturated heterocycles. The fourth-order valence-electron chi connectivity index (χ4n) is 2.87. The topological polar surface area (TPSA) is 62.8 Å². The minimum absolute atomic E-state index is 0.146. The molecule has 0 fully saturated rings. The highest BCUT2D eigenvalue weighted by Crippen LogP contribution is 2.39. The summed E-state index contributed by atoms with van der Waals surface area (Å²) in [5, 5.41) is 17.2. The van der Waals surface area contributed by atoms with Crippen molar-refractivity contribution in [3.63, 3.8) is 0 Å². The van der Waals surface area contributed by atoms with Crippen LogP contribution in [0.4, 0.5) is 22.7 Å². The third-order valence-electron chi connectivity index (χ3n) is 4.27. The van der Waals surface area contributed by atoms with Gasteiger partial charge in [0, 0.05) is 0 Å². The number of phenols is 1. The second kappa shape index (κ2) is 10.3. The molecule has 3 aromatic rings. The van der Waals surface area contributed by atoms with Crippen molar-refractivity contribution >= 4 is 22.7 Å². The van der Waals surface area contributed by atoms with Gasteiger partial charge in [-0.2, -0.15) is 0 Å². The van der Waals surface area contributed by atoms with Gasteiger partial charge in [0.2, 0.25) is 0 Å². The molecule has 0 aliphatic rings. The predicted molar refractivity (Wildman–Crippen MR) is 119 cm³/mol. The zero-order valence-corrected chi connectivity index (χ0v) is 16.9. The van der Waals surface area contributed by atoms with Crippen LogP contribution in [0.2, 0.25) is 0 Å². The molecule has 0 saturated carbocycles. The molecule has 0 bridgehead atoms. The van der Waals surface area contributed by atoms with Crippen molar-refractivity contribution in [1.29, 1.82) is 0 Å². The van der Waals surface area contributed by atoms with Crippen LogP contribution in [0.5, 0.6) is 17.2 Å². The Balaban J connectivity index is 1.90. The van der Waals surface area contributed by atoms with E-state index in [0.717, 1.165) is 41.4 Å². The van der Waals surface area contributed by atoms with E-state index in [1.807, 2.05) is 54.6 Å². The molecule has 0 unspecified atom stereocenters. The van der Waals surface area contributed by atoms with Gasteiger partial charge in [0.15, 0.2) is 0 Å². The van der Waals surface area contributed by atoms with Crippen LogP contribution in [0.15, 0.2) is 66.7 Å². The molecule has 29 heavy (non-hydrogen) atoms. The Morgan fingerprint density at radius 3 is 1.76 bits per heavy atom. The molecule has 0 aliphatic heterocycles. The molecule has 3 aromatic carbocycles. The van der Waals surface area contributed by atoms with Crippen molar-refractivity contribution < 1.29 is 14.6 Å². The lowest BCUT2D eigenvalue weighted by molar-refractivity contribution is 0.319. The van der Waals surface area contributed by atoms with E-state index in [2.05, 4.69) is 24.5 Å². The highest BCUT2D eigenvalue weighted by molar-refractivity contribution is 5.85. The van der Waals surface area contributed by atoms with Gasteiger partial charge < -0.3 is 25.2 Å². The molecule has 0 radical (unpaired) electrons. The summed E-state index contributed by atoms with van der Waals surface area (Å²) in [4.78, 5) is 0. The fourth-order valence-corrected chi connectivity index (χ4v) is 2.87. The number of nitrogens with one attached hydrogen (secondary N) is 2. The highest BCUT2D eigenvalue weighted by atomic mass is 16.5. The smallest absolute Gasteiger partial charge is 0.142 e. The number of ether oxygens (including phenoxy) is 2. The van der Waals surface area contributed by atoms with Gasteiger partial charge in [-0.3, -0.25) is 0 Å². The van der Waals surface area contributed by atoms with Crippen molar-refractivity contribution in [2.24, 2.45) is 0 Å². The van der Waals surface area contributed by atoms with E-state index >= 15 is 0 Å². The van der Waals surface area contributed by atoms with E-state index in [9.17, 15) is 5.11 Å². The third-order valence-corrected chi connectivity index (χ3v) is 4.27. The van der Waals surface area contributed by atoms with E-state index in [0.29, 0.717) is 18.9 Å². The van der Waals surface area contributed by atoms with Gasteiger partial charge >= 0.3 is 0 Å². The lowest BCUT2D eigenvalue weighted by Crippen LogP contribution is -2.03. The number of anilines is 4. The van der Waals surface area contributed by atoms with Crippen molar-refractivity contribution in [3.05, 3.63) is 66.7 Å². The van der Waals surface area contributed by atoms with Crippen molar-refractivity contribution in [1.82, 2.24) is 0 Å². The van der Waals surface area contributed by atoms with Gasteiger partial charge in [-0.05, 0) is 49.2 Å². The first-order valence-corrected chi connectivity index (χ1v) is 10.0. The number of hydrogen-bond acceptors (Lipinski definition) is 5. The van der Waals surface area contributed by atoms with Crippen LogP contribution in [0.1, 0.15) is 26.7 Å². The molecule has 0 amide bonds. The van der Waals surface area contributed by atoms with Crippen LogP contribution < -0.4 is 20.1 Å². The Hall–Kier alpha value is -3.34. The summed E-state index contributed by atoms with van der Waals surface area (Å²) in [5.41, 5.74) is 2.94. The Labute approximate surface area is 172 Å². The van der Waals surface area contributed by atoms with Crippen LogP contribution in [0, 0.1) is 0 Å². The fraction of sp³-hybridized carbons (Fsp3) is 0.250. The van der Waals surface area contributed by atoms with Crippen LogP contribution >= 0.6 is 0 Å². The summed E-state index contributed by atoms with van der Waals surface area (Å²) in [6.45, 7) is 5.42. The second-order valence-electron chi connectivity index (χ2n) is 6.64. The Morgan fingerprint density at radius 1 is 0.655 bits per heavy atom. The maximum atomic E-state index is 10.5. The third kappa shape index (κ3) is 5.35. The number of phenolic OH excluding ortho intramolecular Hbond substituents is 1. The molecular formula is C24H28N2O3. The van der Waals surface area contributed by atoms with E-state index < -0.39 is 0 Å². The Kier molecular flexibility index (Phi) is 7.22. The van der Waals surface area contributed by atoms with E-state index in [1.54, 1.807) is 12.1 Å². The van der Waals surface area contributed by atoms with Gasteiger partial charge in [-0.15, -0.1) is 0 Å². The van der Waals surface area contributed by atoms with Gasteiger partial charge in [-0.25, -0.2) is 0 Å². The number of hydrogen-bond donors (Lipinski definition) is 3. The van der Waals surface area contributed by atoms with E-state index in [4.69, 9.17) is 9.47 Å². The number of aromatic hydroxyl groups is 1. The summed E-state index contributed by atoms with van der Waals surface area (Å²) in [7, 11) is 0. The Bertz CT molecular complexity index is 928. The van der Waals surface area contributed by atoms with Crippen molar-refractivity contribution in [3.8, 4) is 17.2 Å². The monoisotopic (exact) mass is 392 g/mol. The minimum atomic E-state index is 0.146. The SMILES string of the molecule is CCCOc1ccccc1Nc1cccc(O)c1Nc1ccccc1OCCC. The van der Waals surface area contributed by atoms with E-state index in [1.165, 1.54) is 0 Å². The average molecular weight is 392 g/mol. The van der Waals surface area contributed by atoms with Crippen LogP contribution in [0.25, 0.3) is 0 Å². The summed E-state index contributed by atoms with van der Waals surface area (Å²) in [5.74, 6) is 1.66. The Morgan fingerprint density at radius 2 is 1.17 bits per heavy atom. The largest absolute Gasteiger partial charge is 0.506 e. The van der Waals surface area contributed by atoms with Gasteiger partial charge in [0.25, 0.3) is 0 Å². The van der Waals surface area contributed by atoms with Crippen LogP contribution in [-0.4, -0.2) is 18.3 Å². The number of para-hydroxylation sites is 5. The van der Waals surface area contributed by atoms with E-state index in [-0.39, 0.29) is 5.75 Å². The molecule has 3 N–H and O–H groups in total. The molecule has 0 heterocycles. The normalized spacial score (nSPS) is 10.4. The molecule has 5 nitrogen and oxygen atoms in total. The standard InChI is InChI=1S/C24H28N2O3/c1-3-16-28-22-14-7-5-10-18(22)25-20-12-9-13-21(27)24(20)26-19-11-6-8-15-23(19)29-17-4-2/h5-15,25-27H,3-4,16-17H2,1-2H3. The molecule has 152 valence electrons. The summed E-state index contributed by atoms with van der Waals surface area (Å²) >= 11 is 0. The summed E-state index contributed by atoms with van der Waals surface area (Å²) < 4.78 is 11.7. The number of rotatable bonds is 10. The first kappa shape index (κ1) is 20.4. The number of benzene rings is 3. The molecule has 0 spiro atoms. The zero-order chi connectivity index (χ0) is 20.5. The van der Waals surface area contributed by atoms with Crippen molar-refractivity contribution in [2.45, 2.75) is 26.7 Å². The first-order valence-electron chi connectivity index (χ1n) is 10.0. The van der Waals surface area contributed by atoms with Gasteiger partial charge in [0.1, 0.15) is 22.9 Å². The van der Waals surface area contributed by atoms with Gasteiger partial charge in [-0.1, -0.05) is 44.2 Å². The average Bonchev–Trinajstić information content (AvgIpc) is 2.75. The lowest BCUT2D eigenvalue weighted by atomic mass is 10.2. The summed E-state index contributed by atoms with van der Waals surface area (Å²) in [6, 6.07) is 20.9. The van der Waals surface area contributed by atoms with Crippen LogP contribution in [0.3, 0.4) is 0 Å². The first-order chi connectivity index (χ1) is 14.2. The van der Waals surface area contributed by atoms with Gasteiger partial charge in [0.05, 0.1) is 30.3 Å². The molecule has 0 aliphatic carbocycles. The molecule has 5 heteroatoms. The van der Waals surface area contributed by atoms with Crippen molar-refractivity contribution in [2.75, 3.05) is 23.8 Å². The summed E-state index contributed by atoms with van der Waals surface area (Å²) in [6.07, 6.45) is 1.86. The van der Waals surface area contributed by atoms with Crippen LogP contribution in [-0.2, 0) is 0 Å². The quantitative estimate of drug-likeness (QED) is 0.346. The maximum absolute atomic E-state index is 10.5. The predicted octanol–water partition coefficient (Wildman–Crippen LogP) is 6.46. The molecule has 0 aromatic heterocycles. The lowest BCUT2D eigenvalue weighted by Gasteiger charge is -2.19.